The third kappa shape index (κ3) is 6.03. The topological polar surface area (TPSA) is 44.8 Å². The highest BCUT2D eigenvalue weighted by atomic mass is 35.5. The molecule has 0 bridgehead atoms. The molecule has 0 unspecified atom stereocenters. The Balaban J connectivity index is 1.29. The van der Waals surface area contributed by atoms with E-state index in [4.69, 9.17) is 27.9 Å². The lowest BCUT2D eigenvalue weighted by Gasteiger charge is -2.36. The van der Waals surface area contributed by atoms with Gasteiger partial charge < -0.3 is 15.0 Å². The van der Waals surface area contributed by atoms with Crippen LogP contribution in [0.4, 0.5) is 10.5 Å². The summed E-state index contributed by atoms with van der Waals surface area (Å²) in [5.41, 5.74) is 1.01. The van der Waals surface area contributed by atoms with Gasteiger partial charge in [0.05, 0.1) is 15.7 Å². The summed E-state index contributed by atoms with van der Waals surface area (Å²) in [6, 6.07) is 14.8. The van der Waals surface area contributed by atoms with Gasteiger partial charge in [-0.05, 0) is 43.7 Å². The molecule has 28 heavy (non-hydrogen) atoms. The van der Waals surface area contributed by atoms with Gasteiger partial charge in [0.15, 0.2) is 0 Å². The normalized spacial score (nSPS) is 14.7. The molecular formula is C21H25Cl2N3O2. The van der Waals surface area contributed by atoms with Crippen molar-refractivity contribution in [1.29, 1.82) is 0 Å². The summed E-state index contributed by atoms with van der Waals surface area (Å²) in [6.07, 6.45) is 1.55. The molecule has 0 radical (unpaired) electrons. The Morgan fingerprint density at radius 3 is 2.46 bits per heavy atom. The number of rotatable bonds is 7. The third-order valence-electron chi connectivity index (χ3n) is 4.77. The summed E-state index contributed by atoms with van der Waals surface area (Å²) in [7, 11) is 0. The van der Waals surface area contributed by atoms with Crippen LogP contribution in [0.3, 0.4) is 0 Å². The first-order valence-corrected chi connectivity index (χ1v) is 10.3. The third-order valence-corrected chi connectivity index (χ3v) is 5.58. The molecule has 150 valence electrons. The molecule has 0 spiro atoms. The molecule has 1 aliphatic heterocycles. The minimum Gasteiger partial charge on any atom is -0.410 e. The van der Waals surface area contributed by atoms with Crippen LogP contribution in [0.5, 0.6) is 5.75 Å². The monoisotopic (exact) mass is 421 g/mol. The van der Waals surface area contributed by atoms with Crippen LogP contribution in [0.15, 0.2) is 48.5 Å². The first-order valence-electron chi connectivity index (χ1n) is 9.55. The number of para-hydroxylation sites is 1. The van der Waals surface area contributed by atoms with Crippen molar-refractivity contribution in [3.8, 4) is 5.75 Å². The summed E-state index contributed by atoms with van der Waals surface area (Å²) in [5.74, 6) is 0.553. The number of nitrogens with one attached hydrogen (secondary N) is 1. The molecule has 0 atom stereocenters. The van der Waals surface area contributed by atoms with Gasteiger partial charge in [-0.1, -0.05) is 47.5 Å². The zero-order valence-corrected chi connectivity index (χ0v) is 17.3. The molecule has 0 aliphatic carbocycles. The quantitative estimate of drug-likeness (QED) is 0.658. The van der Waals surface area contributed by atoms with Gasteiger partial charge in [-0.25, -0.2) is 4.79 Å². The van der Waals surface area contributed by atoms with Gasteiger partial charge in [-0.15, -0.1) is 0 Å². The Morgan fingerprint density at radius 2 is 1.71 bits per heavy atom. The SMILES string of the molecule is O=C(NCCCCN1CCN(c2cccc(Cl)c2Cl)CC1)Oc1ccccc1. The van der Waals surface area contributed by atoms with Crippen molar-refractivity contribution in [3.05, 3.63) is 58.6 Å². The molecule has 1 fully saturated rings. The van der Waals surface area contributed by atoms with Crippen LogP contribution in [0.25, 0.3) is 0 Å². The second-order valence-electron chi connectivity index (χ2n) is 6.74. The summed E-state index contributed by atoms with van der Waals surface area (Å²) >= 11 is 12.4. The molecule has 1 amide bonds. The van der Waals surface area contributed by atoms with Crippen molar-refractivity contribution in [1.82, 2.24) is 10.2 Å². The van der Waals surface area contributed by atoms with Crippen LogP contribution in [-0.4, -0.2) is 50.3 Å². The number of nitrogens with zero attached hydrogens (tertiary/aromatic N) is 2. The number of unbranched alkanes of at least 4 members (excludes halogenated alkanes) is 1. The highest BCUT2D eigenvalue weighted by molar-refractivity contribution is 6.43. The standard InChI is InChI=1S/C21H25Cl2N3O2/c22-18-9-6-10-19(20(18)23)26-15-13-25(14-16-26)12-5-4-11-24-21(27)28-17-7-2-1-3-8-17/h1-3,6-10H,4-5,11-16H2,(H,24,27). The van der Waals surface area contributed by atoms with E-state index in [0.717, 1.165) is 51.3 Å². The number of hydrogen-bond acceptors (Lipinski definition) is 4. The zero-order valence-electron chi connectivity index (χ0n) is 15.7. The van der Waals surface area contributed by atoms with Crippen LogP contribution >= 0.6 is 23.2 Å². The minimum absolute atomic E-state index is 0.404. The maximum absolute atomic E-state index is 11.7. The Kier molecular flexibility index (Phi) is 7.83. The average Bonchev–Trinajstić information content (AvgIpc) is 2.71. The van der Waals surface area contributed by atoms with E-state index >= 15 is 0 Å². The highest BCUT2D eigenvalue weighted by Crippen LogP contribution is 2.32. The number of amides is 1. The summed E-state index contributed by atoms with van der Waals surface area (Å²) in [6.45, 7) is 5.48. The zero-order chi connectivity index (χ0) is 19.8. The lowest BCUT2D eigenvalue weighted by atomic mass is 10.2. The largest absolute Gasteiger partial charge is 0.412 e. The van der Waals surface area contributed by atoms with E-state index < -0.39 is 6.09 Å². The smallest absolute Gasteiger partial charge is 0.410 e. The van der Waals surface area contributed by atoms with Crippen LogP contribution in [0, 0.1) is 0 Å². The van der Waals surface area contributed by atoms with Crippen LogP contribution < -0.4 is 15.0 Å². The predicted molar refractivity (Wildman–Crippen MR) is 115 cm³/mol. The van der Waals surface area contributed by atoms with Crippen molar-refractivity contribution in [2.24, 2.45) is 0 Å². The van der Waals surface area contributed by atoms with Crippen molar-refractivity contribution in [2.45, 2.75) is 12.8 Å². The van der Waals surface area contributed by atoms with Crippen molar-refractivity contribution in [2.75, 3.05) is 44.2 Å². The average molecular weight is 422 g/mol. The van der Waals surface area contributed by atoms with Crippen LogP contribution in [0.2, 0.25) is 10.0 Å². The summed E-state index contributed by atoms with van der Waals surface area (Å²) in [5, 5.41) is 4.02. The molecule has 0 aromatic heterocycles. The molecule has 1 saturated heterocycles. The lowest BCUT2D eigenvalue weighted by Crippen LogP contribution is -2.46. The van der Waals surface area contributed by atoms with Gasteiger partial charge in [0.25, 0.3) is 0 Å². The summed E-state index contributed by atoms with van der Waals surface area (Å²) < 4.78 is 5.20. The van der Waals surface area contributed by atoms with E-state index in [1.165, 1.54) is 0 Å². The number of hydrogen-bond donors (Lipinski definition) is 1. The van der Waals surface area contributed by atoms with Crippen LogP contribution in [0.1, 0.15) is 12.8 Å². The number of piperazine rings is 1. The lowest BCUT2D eigenvalue weighted by molar-refractivity contribution is 0.199. The fourth-order valence-corrected chi connectivity index (χ4v) is 3.65. The molecular weight excluding hydrogens is 397 g/mol. The molecule has 3 rings (SSSR count). The molecule has 2 aromatic rings. The number of ether oxygens (including phenoxy) is 1. The van der Waals surface area contributed by atoms with E-state index in [2.05, 4.69) is 15.1 Å². The van der Waals surface area contributed by atoms with E-state index in [1.54, 1.807) is 12.1 Å². The predicted octanol–water partition coefficient (Wildman–Crippen LogP) is 4.68. The Bertz CT molecular complexity index is 766. The van der Waals surface area contributed by atoms with Gasteiger partial charge >= 0.3 is 6.09 Å². The fraction of sp³-hybridized carbons (Fsp3) is 0.381. The molecule has 0 saturated carbocycles. The Morgan fingerprint density at radius 1 is 0.964 bits per heavy atom. The molecule has 1 aliphatic rings. The number of carbonyl (C=O) groups excluding carboxylic acids is 1. The summed E-state index contributed by atoms with van der Waals surface area (Å²) in [4.78, 5) is 16.5. The van der Waals surface area contributed by atoms with Gasteiger partial charge in [0.1, 0.15) is 5.75 Å². The number of benzene rings is 2. The number of halogens is 2. The minimum atomic E-state index is -0.404. The van der Waals surface area contributed by atoms with Crippen molar-refractivity contribution in [3.63, 3.8) is 0 Å². The Labute approximate surface area is 176 Å². The molecule has 7 heteroatoms. The van der Waals surface area contributed by atoms with E-state index in [1.807, 2.05) is 36.4 Å². The van der Waals surface area contributed by atoms with Gasteiger partial charge in [0.2, 0.25) is 0 Å². The van der Waals surface area contributed by atoms with E-state index in [9.17, 15) is 4.79 Å². The fourth-order valence-electron chi connectivity index (χ4n) is 3.23. The first-order chi connectivity index (χ1) is 13.6. The van der Waals surface area contributed by atoms with Crippen LogP contribution in [-0.2, 0) is 0 Å². The Hall–Kier alpha value is -1.95. The molecule has 5 nitrogen and oxygen atoms in total. The van der Waals surface area contributed by atoms with Gasteiger partial charge in [-0.2, -0.15) is 0 Å². The highest BCUT2D eigenvalue weighted by Gasteiger charge is 2.19. The number of anilines is 1. The van der Waals surface area contributed by atoms with Gasteiger partial charge in [-0.3, -0.25) is 4.90 Å². The van der Waals surface area contributed by atoms with Crippen molar-refractivity contribution >= 4 is 35.0 Å². The second kappa shape index (κ2) is 10.6. The second-order valence-corrected chi connectivity index (χ2v) is 7.52. The molecule has 1 N–H and O–H groups in total. The van der Waals surface area contributed by atoms with Crippen molar-refractivity contribution < 1.29 is 9.53 Å². The molecule has 1 heterocycles. The van der Waals surface area contributed by atoms with E-state index in [0.29, 0.717) is 22.3 Å². The maximum atomic E-state index is 11.7. The molecule has 2 aromatic carbocycles. The van der Waals surface area contributed by atoms with Gasteiger partial charge in [0, 0.05) is 32.7 Å². The number of carbonyl (C=O) groups is 1. The van der Waals surface area contributed by atoms with E-state index in [-0.39, 0.29) is 0 Å². The first kappa shape index (κ1) is 20.8. The maximum Gasteiger partial charge on any atom is 0.412 e.